The normalized spacial score (nSPS) is 11.2. The second-order valence-corrected chi connectivity index (χ2v) is 7.01. The van der Waals surface area contributed by atoms with Crippen molar-refractivity contribution in [3.05, 3.63) is 59.7 Å². The first-order valence-corrected chi connectivity index (χ1v) is 9.02. The maximum absolute atomic E-state index is 12.4. The third-order valence-electron chi connectivity index (χ3n) is 3.27. The lowest BCUT2D eigenvalue weighted by atomic mass is 10.1. The van der Waals surface area contributed by atoms with Crippen LogP contribution in [0.4, 0.5) is 5.69 Å². The summed E-state index contributed by atoms with van der Waals surface area (Å²) in [5.41, 5.74) is 6.55. The molecule has 1 amide bonds. The number of anilines is 1. The molecule has 2 aromatic carbocycles. The number of alkyl halides is 1. The topological polar surface area (TPSA) is 89.3 Å². The average molecular weight is 353 g/mol. The Kier molecular flexibility index (Phi) is 5.63. The van der Waals surface area contributed by atoms with Crippen LogP contribution in [0.25, 0.3) is 0 Å². The number of para-hydroxylation sites is 1. The van der Waals surface area contributed by atoms with Crippen LogP contribution in [0.5, 0.6) is 0 Å². The zero-order valence-electron chi connectivity index (χ0n) is 12.3. The molecule has 2 aromatic rings. The zero-order chi connectivity index (χ0) is 16.9. The zero-order valence-corrected chi connectivity index (χ0v) is 13.9. The number of carbonyl (C=O) groups is 1. The second-order valence-electron chi connectivity index (χ2n) is 4.95. The molecular formula is C16H17ClN2O3S. The van der Waals surface area contributed by atoms with E-state index in [-0.39, 0.29) is 16.1 Å². The van der Waals surface area contributed by atoms with Crippen LogP contribution in [0.3, 0.4) is 0 Å². The summed E-state index contributed by atoms with van der Waals surface area (Å²) in [6, 6.07) is 12.8. The van der Waals surface area contributed by atoms with Gasteiger partial charge in [0.1, 0.15) is 0 Å². The Balaban J connectivity index is 2.24. The minimum absolute atomic E-state index is 0.117. The van der Waals surface area contributed by atoms with Crippen LogP contribution in [-0.2, 0) is 16.4 Å². The number of amides is 1. The van der Waals surface area contributed by atoms with Gasteiger partial charge >= 0.3 is 0 Å². The molecule has 0 aliphatic rings. The number of hydrogen-bond acceptors (Lipinski definition) is 3. The highest BCUT2D eigenvalue weighted by molar-refractivity contribution is 7.92. The van der Waals surface area contributed by atoms with Crippen molar-refractivity contribution in [2.45, 2.75) is 17.7 Å². The Hall–Kier alpha value is -2.05. The molecule has 0 fully saturated rings. The molecule has 0 saturated carbocycles. The van der Waals surface area contributed by atoms with Crippen molar-refractivity contribution in [1.29, 1.82) is 0 Å². The lowest BCUT2D eigenvalue weighted by Crippen LogP contribution is -2.18. The Morgan fingerprint density at radius 3 is 2.35 bits per heavy atom. The van der Waals surface area contributed by atoms with Crippen molar-refractivity contribution in [3.8, 4) is 0 Å². The molecular weight excluding hydrogens is 336 g/mol. The summed E-state index contributed by atoms with van der Waals surface area (Å²) in [7, 11) is -3.79. The molecule has 2 rings (SSSR count). The minimum atomic E-state index is -3.79. The molecule has 122 valence electrons. The summed E-state index contributed by atoms with van der Waals surface area (Å²) in [6.07, 6.45) is 1.62. The van der Waals surface area contributed by atoms with Gasteiger partial charge in [-0.05, 0) is 42.7 Å². The van der Waals surface area contributed by atoms with Crippen LogP contribution in [-0.4, -0.2) is 20.2 Å². The van der Waals surface area contributed by atoms with E-state index in [1.807, 2.05) is 0 Å². The number of nitrogens with two attached hydrogens (primary N) is 1. The standard InChI is InChI=1S/C16H17ClN2O3S/c17-11-3-4-12-7-9-13(10-8-12)23(21,22)19-15-6-2-1-5-14(15)16(18)20/h1-2,5-10,19H,3-4,11H2,(H2,18,20). The SMILES string of the molecule is NC(=O)c1ccccc1NS(=O)(=O)c1ccc(CCCCl)cc1. The van der Waals surface area contributed by atoms with Gasteiger partial charge < -0.3 is 5.73 Å². The number of rotatable bonds is 7. The van der Waals surface area contributed by atoms with Crippen molar-refractivity contribution < 1.29 is 13.2 Å². The molecule has 23 heavy (non-hydrogen) atoms. The number of hydrogen-bond donors (Lipinski definition) is 2. The van der Waals surface area contributed by atoms with Gasteiger partial charge in [-0.3, -0.25) is 9.52 Å². The first-order valence-electron chi connectivity index (χ1n) is 7.00. The number of aryl methyl sites for hydroxylation is 1. The molecule has 3 N–H and O–H groups in total. The summed E-state index contributed by atoms with van der Waals surface area (Å²) in [6.45, 7) is 0. The molecule has 0 aliphatic heterocycles. The van der Waals surface area contributed by atoms with Crippen LogP contribution in [0.15, 0.2) is 53.4 Å². The number of primary amides is 1. The first kappa shape index (κ1) is 17.3. The van der Waals surface area contributed by atoms with Crippen molar-refractivity contribution in [2.75, 3.05) is 10.6 Å². The maximum Gasteiger partial charge on any atom is 0.261 e. The summed E-state index contributed by atoms with van der Waals surface area (Å²) < 4.78 is 27.2. The number of carbonyl (C=O) groups excluding carboxylic acids is 1. The monoisotopic (exact) mass is 352 g/mol. The van der Waals surface area contributed by atoms with Crippen LogP contribution in [0, 0.1) is 0 Å². The summed E-state index contributed by atoms with van der Waals surface area (Å²) in [5, 5.41) is 0. The number of benzene rings is 2. The highest BCUT2D eigenvalue weighted by Gasteiger charge is 2.17. The van der Waals surface area contributed by atoms with Gasteiger partial charge in [-0.2, -0.15) is 0 Å². The van der Waals surface area contributed by atoms with Gasteiger partial charge in [-0.25, -0.2) is 8.42 Å². The highest BCUT2D eigenvalue weighted by atomic mass is 35.5. The van der Waals surface area contributed by atoms with Gasteiger partial charge in [-0.15, -0.1) is 11.6 Å². The molecule has 0 aromatic heterocycles. The smallest absolute Gasteiger partial charge is 0.261 e. The number of sulfonamides is 1. The van der Waals surface area contributed by atoms with E-state index in [1.54, 1.807) is 24.3 Å². The number of halogens is 1. The molecule has 0 bridgehead atoms. The van der Waals surface area contributed by atoms with Crippen molar-refractivity contribution in [1.82, 2.24) is 0 Å². The first-order chi connectivity index (χ1) is 10.9. The fourth-order valence-electron chi connectivity index (χ4n) is 2.10. The molecule has 0 spiro atoms. The minimum Gasteiger partial charge on any atom is -0.366 e. The Morgan fingerprint density at radius 2 is 1.74 bits per heavy atom. The van der Waals surface area contributed by atoms with Crippen LogP contribution >= 0.6 is 11.6 Å². The highest BCUT2D eigenvalue weighted by Crippen LogP contribution is 2.20. The molecule has 0 radical (unpaired) electrons. The fraction of sp³-hybridized carbons (Fsp3) is 0.188. The van der Waals surface area contributed by atoms with Gasteiger partial charge in [0.05, 0.1) is 16.1 Å². The largest absolute Gasteiger partial charge is 0.366 e. The van der Waals surface area contributed by atoms with Crippen LogP contribution in [0.1, 0.15) is 22.3 Å². The summed E-state index contributed by atoms with van der Waals surface area (Å²) in [4.78, 5) is 11.5. The predicted octanol–water partition coefficient (Wildman–Crippen LogP) is 2.76. The van der Waals surface area contributed by atoms with E-state index in [4.69, 9.17) is 17.3 Å². The van der Waals surface area contributed by atoms with Crippen LogP contribution < -0.4 is 10.5 Å². The van der Waals surface area contributed by atoms with Gasteiger partial charge in [0, 0.05) is 5.88 Å². The van der Waals surface area contributed by atoms with Gasteiger partial charge in [0.2, 0.25) is 0 Å². The molecule has 0 unspecified atom stereocenters. The molecule has 5 nitrogen and oxygen atoms in total. The third-order valence-corrected chi connectivity index (χ3v) is 4.92. The second kappa shape index (κ2) is 7.48. The molecule has 0 aliphatic carbocycles. The lowest BCUT2D eigenvalue weighted by molar-refractivity contribution is 0.100. The summed E-state index contributed by atoms with van der Waals surface area (Å²) >= 11 is 5.64. The summed E-state index contributed by atoms with van der Waals surface area (Å²) in [5.74, 6) is -0.134. The lowest BCUT2D eigenvalue weighted by Gasteiger charge is -2.11. The van der Waals surface area contributed by atoms with E-state index in [0.717, 1.165) is 18.4 Å². The van der Waals surface area contributed by atoms with E-state index >= 15 is 0 Å². The molecule has 0 heterocycles. The third kappa shape index (κ3) is 4.46. The van der Waals surface area contributed by atoms with Crippen molar-refractivity contribution >= 4 is 33.2 Å². The van der Waals surface area contributed by atoms with E-state index in [0.29, 0.717) is 5.88 Å². The molecule has 0 atom stereocenters. The maximum atomic E-state index is 12.4. The Morgan fingerprint density at radius 1 is 1.09 bits per heavy atom. The van der Waals surface area contributed by atoms with Crippen molar-refractivity contribution in [2.24, 2.45) is 5.73 Å². The van der Waals surface area contributed by atoms with Crippen LogP contribution in [0.2, 0.25) is 0 Å². The Labute approximate surface area is 140 Å². The predicted molar refractivity (Wildman–Crippen MR) is 91.3 cm³/mol. The van der Waals surface area contributed by atoms with Gasteiger partial charge in [0.15, 0.2) is 0 Å². The Bertz CT molecular complexity index is 789. The quantitative estimate of drug-likeness (QED) is 0.751. The molecule has 0 saturated heterocycles. The van der Waals surface area contributed by atoms with Gasteiger partial charge in [0.25, 0.3) is 15.9 Å². The van der Waals surface area contributed by atoms with E-state index in [1.165, 1.54) is 24.3 Å². The van der Waals surface area contributed by atoms with Gasteiger partial charge in [-0.1, -0.05) is 24.3 Å². The van der Waals surface area contributed by atoms with E-state index < -0.39 is 15.9 Å². The fourth-order valence-corrected chi connectivity index (χ4v) is 3.31. The molecule has 7 heteroatoms. The van der Waals surface area contributed by atoms with E-state index in [2.05, 4.69) is 4.72 Å². The average Bonchev–Trinajstić information content (AvgIpc) is 2.53. The van der Waals surface area contributed by atoms with Crippen molar-refractivity contribution in [3.63, 3.8) is 0 Å². The van der Waals surface area contributed by atoms with E-state index in [9.17, 15) is 13.2 Å². The number of nitrogens with one attached hydrogen (secondary N) is 1.